The first-order valence-electron chi connectivity index (χ1n) is 6.49. The monoisotopic (exact) mass is 276 g/mol. The highest BCUT2D eigenvalue weighted by Crippen LogP contribution is 2.12. The Labute approximate surface area is 119 Å². The number of nitrogens with zero attached hydrogens (tertiary/aromatic N) is 1. The summed E-state index contributed by atoms with van der Waals surface area (Å²) in [6.07, 6.45) is 0. The molecule has 5 nitrogen and oxygen atoms in total. The lowest BCUT2D eigenvalue weighted by molar-refractivity contribution is -0.119. The topological polar surface area (TPSA) is 75.8 Å². The third-order valence-corrected chi connectivity index (χ3v) is 2.65. The second-order valence-corrected chi connectivity index (χ2v) is 4.17. The van der Waals surface area contributed by atoms with Gasteiger partial charge in [-0.15, -0.1) is 0 Å². The lowest BCUT2D eigenvalue weighted by Crippen LogP contribution is -2.36. The van der Waals surface area contributed by atoms with Crippen LogP contribution < -0.4 is 10.5 Å². The third kappa shape index (κ3) is 6.23. The van der Waals surface area contributed by atoms with Crippen molar-refractivity contribution in [2.45, 2.75) is 6.92 Å². The van der Waals surface area contributed by atoms with Gasteiger partial charge in [0.05, 0.1) is 6.54 Å². The Hall–Kier alpha value is -2.03. The average molecular weight is 276 g/mol. The van der Waals surface area contributed by atoms with Gasteiger partial charge >= 0.3 is 0 Å². The molecule has 108 valence electrons. The number of benzene rings is 1. The van der Waals surface area contributed by atoms with Gasteiger partial charge in [-0.3, -0.25) is 9.69 Å². The molecule has 0 unspecified atom stereocenters. The number of likely N-dealkylation sites (N-methyl/N-ethyl adjacent to an activating group) is 1. The molecule has 0 aromatic heterocycles. The second-order valence-electron chi connectivity index (χ2n) is 4.17. The molecule has 5 heteroatoms. The minimum absolute atomic E-state index is 0.163. The van der Waals surface area contributed by atoms with Crippen LogP contribution in [-0.2, 0) is 4.79 Å². The number of carbonyl (C=O) groups is 1. The highest BCUT2D eigenvalue weighted by Gasteiger charge is 2.05. The van der Waals surface area contributed by atoms with E-state index < -0.39 is 0 Å². The van der Waals surface area contributed by atoms with Crippen LogP contribution in [0.3, 0.4) is 0 Å². The van der Waals surface area contributed by atoms with Gasteiger partial charge in [-0.25, -0.2) is 0 Å². The van der Waals surface area contributed by atoms with Crippen molar-refractivity contribution in [1.82, 2.24) is 4.90 Å². The zero-order valence-electron chi connectivity index (χ0n) is 11.6. The summed E-state index contributed by atoms with van der Waals surface area (Å²) in [6, 6.07) is 7.35. The van der Waals surface area contributed by atoms with Gasteiger partial charge in [-0.1, -0.05) is 24.8 Å². The van der Waals surface area contributed by atoms with E-state index >= 15 is 0 Å². The summed E-state index contributed by atoms with van der Waals surface area (Å²) in [5.41, 5.74) is 5.95. The quantitative estimate of drug-likeness (QED) is 0.698. The van der Waals surface area contributed by atoms with Crippen LogP contribution in [0.2, 0.25) is 0 Å². The van der Waals surface area contributed by atoms with E-state index in [1.807, 2.05) is 36.1 Å². The molecule has 0 aliphatic heterocycles. The van der Waals surface area contributed by atoms with E-state index in [0.29, 0.717) is 18.9 Å². The predicted molar refractivity (Wildman–Crippen MR) is 77.2 cm³/mol. The van der Waals surface area contributed by atoms with E-state index in [9.17, 15) is 4.79 Å². The number of aliphatic hydroxyl groups excluding tert-OH is 1. The van der Waals surface area contributed by atoms with Gasteiger partial charge in [0.25, 0.3) is 0 Å². The predicted octanol–water partition coefficient (Wildman–Crippen LogP) is 0.216. The number of aliphatic hydroxyl groups is 1. The molecular weight excluding hydrogens is 256 g/mol. The van der Waals surface area contributed by atoms with Crippen LogP contribution in [0.4, 0.5) is 0 Å². The zero-order valence-corrected chi connectivity index (χ0v) is 11.6. The molecule has 0 fully saturated rings. The number of nitrogens with two attached hydrogens (primary N) is 1. The van der Waals surface area contributed by atoms with E-state index in [1.54, 1.807) is 0 Å². The van der Waals surface area contributed by atoms with Crippen molar-refractivity contribution in [1.29, 1.82) is 0 Å². The second kappa shape index (κ2) is 8.97. The van der Waals surface area contributed by atoms with Gasteiger partial charge in [0.1, 0.15) is 19.0 Å². The van der Waals surface area contributed by atoms with Gasteiger partial charge in [0, 0.05) is 12.1 Å². The third-order valence-electron chi connectivity index (χ3n) is 2.65. The van der Waals surface area contributed by atoms with Crippen molar-refractivity contribution in [2.75, 3.05) is 32.8 Å². The summed E-state index contributed by atoms with van der Waals surface area (Å²) >= 11 is 0. The molecule has 0 aliphatic carbocycles. The summed E-state index contributed by atoms with van der Waals surface area (Å²) < 4.78 is 5.62. The van der Waals surface area contributed by atoms with Crippen molar-refractivity contribution in [3.8, 4) is 17.6 Å². The van der Waals surface area contributed by atoms with Crippen LogP contribution in [0, 0.1) is 11.8 Å². The van der Waals surface area contributed by atoms with Crippen molar-refractivity contribution in [2.24, 2.45) is 5.73 Å². The fraction of sp³-hybridized carbons (Fsp3) is 0.400. The number of hydrogen-bond acceptors (Lipinski definition) is 4. The van der Waals surface area contributed by atoms with Crippen molar-refractivity contribution in [3.05, 3.63) is 29.8 Å². The highest BCUT2D eigenvalue weighted by molar-refractivity contribution is 5.75. The fourth-order valence-corrected chi connectivity index (χ4v) is 1.67. The average Bonchev–Trinajstić information content (AvgIpc) is 2.44. The van der Waals surface area contributed by atoms with Crippen LogP contribution in [0.1, 0.15) is 12.5 Å². The standard InChI is InChI=1S/C15H20N2O3/c1-2-17(12-15(16)19)8-10-20-14-7-3-5-13(11-14)6-4-9-18/h3,5,7,11,18H,2,8-10,12H2,1H3,(H2,16,19). The Kier molecular flexibility index (Phi) is 7.18. The molecule has 0 saturated heterocycles. The molecule has 0 atom stereocenters. The van der Waals surface area contributed by atoms with Crippen LogP contribution in [0.15, 0.2) is 24.3 Å². The Balaban J connectivity index is 2.47. The summed E-state index contributed by atoms with van der Waals surface area (Å²) in [6.45, 7) is 3.89. The maximum Gasteiger partial charge on any atom is 0.231 e. The normalized spacial score (nSPS) is 9.95. The lowest BCUT2D eigenvalue weighted by atomic mass is 10.2. The minimum atomic E-state index is -0.340. The molecule has 3 N–H and O–H groups in total. The molecule has 0 aliphatic rings. The number of primary amides is 1. The van der Waals surface area contributed by atoms with Crippen LogP contribution in [0.5, 0.6) is 5.75 Å². The SMILES string of the molecule is CCN(CCOc1cccc(C#CCO)c1)CC(N)=O. The molecule has 1 rings (SSSR count). The maximum absolute atomic E-state index is 10.9. The number of hydrogen-bond donors (Lipinski definition) is 2. The molecule has 0 saturated carbocycles. The summed E-state index contributed by atoms with van der Waals surface area (Å²) in [4.78, 5) is 12.8. The lowest BCUT2D eigenvalue weighted by Gasteiger charge is -2.18. The summed E-state index contributed by atoms with van der Waals surface area (Å²) in [5.74, 6) is 5.78. The van der Waals surface area contributed by atoms with Gasteiger partial charge in [0.15, 0.2) is 0 Å². The molecule has 20 heavy (non-hydrogen) atoms. The summed E-state index contributed by atoms with van der Waals surface area (Å²) in [7, 11) is 0. The Bertz CT molecular complexity index is 491. The van der Waals surface area contributed by atoms with Crippen molar-refractivity contribution < 1.29 is 14.6 Å². The zero-order chi connectivity index (χ0) is 14.8. The van der Waals surface area contributed by atoms with E-state index in [2.05, 4.69) is 11.8 Å². The first-order valence-corrected chi connectivity index (χ1v) is 6.49. The number of carbonyl (C=O) groups excluding carboxylic acids is 1. The van der Waals surface area contributed by atoms with Crippen LogP contribution in [0.25, 0.3) is 0 Å². The van der Waals surface area contributed by atoms with E-state index in [-0.39, 0.29) is 19.1 Å². The Morgan fingerprint density at radius 2 is 2.30 bits per heavy atom. The first kappa shape index (κ1) is 16.0. The Morgan fingerprint density at radius 1 is 1.50 bits per heavy atom. The van der Waals surface area contributed by atoms with E-state index in [4.69, 9.17) is 15.6 Å². The number of amides is 1. The molecule has 1 amide bonds. The molecule has 1 aromatic rings. The first-order chi connectivity index (χ1) is 9.65. The van der Waals surface area contributed by atoms with Crippen LogP contribution in [-0.4, -0.2) is 48.8 Å². The van der Waals surface area contributed by atoms with Gasteiger partial charge < -0.3 is 15.6 Å². The van der Waals surface area contributed by atoms with Gasteiger partial charge in [-0.05, 0) is 24.7 Å². The molecule has 0 bridgehead atoms. The van der Waals surface area contributed by atoms with Crippen molar-refractivity contribution >= 4 is 5.91 Å². The smallest absolute Gasteiger partial charge is 0.231 e. The molecule has 1 aromatic carbocycles. The van der Waals surface area contributed by atoms with E-state index in [0.717, 1.165) is 12.1 Å². The number of rotatable bonds is 7. The molecule has 0 spiro atoms. The fourth-order valence-electron chi connectivity index (χ4n) is 1.67. The van der Waals surface area contributed by atoms with Crippen molar-refractivity contribution in [3.63, 3.8) is 0 Å². The Morgan fingerprint density at radius 3 is 2.95 bits per heavy atom. The summed E-state index contributed by atoms with van der Waals surface area (Å²) in [5, 5.41) is 8.65. The largest absolute Gasteiger partial charge is 0.492 e. The maximum atomic E-state index is 10.9. The number of ether oxygens (including phenoxy) is 1. The highest BCUT2D eigenvalue weighted by atomic mass is 16.5. The molecular formula is C15H20N2O3. The minimum Gasteiger partial charge on any atom is -0.492 e. The van der Waals surface area contributed by atoms with Crippen LogP contribution >= 0.6 is 0 Å². The van der Waals surface area contributed by atoms with E-state index in [1.165, 1.54) is 0 Å². The molecule has 0 heterocycles. The van der Waals surface area contributed by atoms with Gasteiger partial charge in [0.2, 0.25) is 5.91 Å². The molecule has 0 radical (unpaired) electrons. The van der Waals surface area contributed by atoms with Gasteiger partial charge in [-0.2, -0.15) is 0 Å².